The van der Waals surface area contributed by atoms with E-state index >= 15 is 0 Å². The van der Waals surface area contributed by atoms with Crippen molar-refractivity contribution in [3.05, 3.63) is 0 Å². The number of hydrogen-bond acceptors (Lipinski definition) is 20. The van der Waals surface area contributed by atoms with Crippen LogP contribution < -0.4 is 10.6 Å². The van der Waals surface area contributed by atoms with Crippen LogP contribution in [0.25, 0.3) is 0 Å². The monoisotopic (exact) mass is 842 g/mol. The second-order valence-electron chi connectivity index (χ2n) is 7.15. The smallest absolute Gasteiger partial charge is 0.407 e. The van der Waals surface area contributed by atoms with Crippen LogP contribution in [0.4, 0.5) is 9.59 Å². The molecule has 0 aromatic carbocycles. The molecule has 0 heterocycles. The van der Waals surface area contributed by atoms with E-state index in [1.54, 1.807) is 82.3 Å². The molecule has 2 amide bonds. The summed E-state index contributed by atoms with van der Waals surface area (Å²) in [5, 5.41) is 27.2. The zero-order valence-corrected chi connectivity index (χ0v) is 33.6. The van der Waals surface area contributed by atoms with Crippen LogP contribution >= 0.6 is 118 Å². The maximum atomic E-state index is 12.0. The summed E-state index contributed by atoms with van der Waals surface area (Å²) in [6.45, 7) is 1.04. The maximum Gasteiger partial charge on any atom is 0.407 e. The molecule has 12 nitrogen and oxygen atoms in total. The van der Waals surface area contributed by atoms with Crippen molar-refractivity contribution in [2.24, 2.45) is 9.98 Å². The average molecular weight is 843 g/mol. The van der Waals surface area contributed by atoms with Crippen molar-refractivity contribution in [1.29, 1.82) is 0 Å². The molecule has 0 fully saturated rings. The Labute approximate surface area is 311 Å². The minimum absolute atomic E-state index is 0.0377. The van der Waals surface area contributed by atoms with Crippen molar-refractivity contribution in [3.8, 4) is 0 Å². The van der Waals surface area contributed by atoms with E-state index in [4.69, 9.17) is 24.7 Å². The molecule has 0 aromatic rings. The third kappa shape index (κ3) is 39.7. The van der Waals surface area contributed by atoms with Crippen molar-refractivity contribution in [3.63, 3.8) is 0 Å². The van der Waals surface area contributed by atoms with E-state index in [2.05, 4.69) is 20.6 Å². The van der Waals surface area contributed by atoms with E-state index in [0.717, 1.165) is 26.1 Å². The summed E-state index contributed by atoms with van der Waals surface area (Å²) < 4.78 is 17.0. The number of nitrogens with one attached hydrogen (secondary N) is 2. The molecule has 0 aliphatic rings. The third-order valence-corrected chi connectivity index (χ3v) is 15.8. The molecule has 4 N–H and O–H groups in total. The van der Waals surface area contributed by atoms with E-state index in [9.17, 15) is 13.8 Å². The standard InChI is InChI=1S/C22H42N4O8S11/c27-1-5-35-7-3-32-21(29)25-12-39-16-38-11-24-14-45(31)20-43-18-41-17-42-19-44-22(30)26-13-40-15-37-10-23-9-34-33-4-8-36-6-2-28/h9,14,27-28H,1-8,10-13,15-20H2,(H,25,29)(H,26,30). The van der Waals surface area contributed by atoms with Crippen LogP contribution in [0.2, 0.25) is 0 Å². The predicted molar refractivity (Wildman–Crippen MR) is 213 cm³/mol. The van der Waals surface area contributed by atoms with Gasteiger partial charge in [0.25, 0.3) is 5.24 Å². The Morgan fingerprint density at radius 2 is 1.33 bits per heavy atom. The summed E-state index contributed by atoms with van der Waals surface area (Å²) in [5.74, 6) is 4.79. The molecule has 23 heteroatoms. The minimum Gasteiger partial charge on any atom is -0.449 e. The molecular weight excluding hydrogens is 801 g/mol. The van der Waals surface area contributed by atoms with Crippen molar-refractivity contribution in [1.82, 2.24) is 10.6 Å². The zero-order valence-electron chi connectivity index (χ0n) is 24.6. The Hall–Kier alpha value is 1.41. The molecule has 0 spiro atoms. The van der Waals surface area contributed by atoms with Crippen LogP contribution in [0.15, 0.2) is 9.98 Å². The van der Waals surface area contributed by atoms with Gasteiger partial charge in [0.05, 0.1) is 58.2 Å². The molecule has 0 aliphatic carbocycles. The van der Waals surface area contributed by atoms with Gasteiger partial charge in [0.2, 0.25) is 6.40 Å². The molecule has 264 valence electrons. The number of rotatable bonds is 33. The van der Waals surface area contributed by atoms with E-state index < -0.39 is 16.9 Å². The molecule has 1 atom stereocenters. The van der Waals surface area contributed by atoms with Gasteiger partial charge in [0.15, 0.2) is 0 Å². The Bertz CT molecular complexity index is 783. The van der Waals surface area contributed by atoms with Gasteiger partial charge in [0.1, 0.15) is 13.2 Å². The number of carbonyl (C=O) groups excluding carboxylic acids is 2. The first-order chi connectivity index (χ1) is 22.1. The molecule has 0 saturated carbocycles. The predicted octanol–water partition coefficient (Wildman–Crippen LogP) is 5.07. The molecule has 0 radical (unpaired) electrons. The summed E-state index contributed by atoms with van der Waals surface area (Å²) in [4.78, 5) is 41.4. The number of alkyl carbamates (subject to hydrolysis) is 1. The number of ether oxygens (including phenoxy) is 1. The van der Waals surface area contributed by atoms with Crippen LogP contribution in [-0.2, 0) is 25.3 Å². The number of hydrogen-bond donors (Lipinski definition) is 4. The van der Waals surface area contributed by atoms with Gasteiger partial charge in [-0.15, -0.1) is 82.3 Å². The number of aliphatic imine (C=N–C) groups is 2. The summed E-state index contributed by atoms with van der Waals surface area (Å²) in [6, 6.07) is 0. The number of thioether (sulfide) groups is 10. The van der Waals surface area contributed by atoms with Gasteiger partial charge in [-0.25, -0.2) is 9.79 Å². The lowest BCUT2D eigenvalue weighted by Crippen LogP contribution is -2.24. The van der Waals surface area contributed by atoms with Gasteiger partial charge in [-0.05, 0) is 0 Å². The van der Waals surface area contributed by atoms with Crippen LogP contribution in [0, 0.1) is 0 Å². The normalized spacial score (nSPS) is 12.1. The summed E-state index contributed by atoms with van der Waals surface area (Å²) in [7, 11) is -1.11. The fraction of sp³-hybridized carbons (Fsp3) is 0.818. The first-order valence-electron chi connectivity index (χ1n) is 13.0. The van der Waals surface area contributed by atoms with Gasteiger partial charge in [-0.2, -0.15) is 28.4 Å². The van der Waals surface area contributed by atoms with Crippen molar-refractivity contribution in [2.75, 3.05) is 103 Å². The largest absolute Gasteiger partial charge is 0.449 e. The van der Waals surface area contributed by atoms with Gasteiger partial charge >= 0.3 is 6.09 Å². The first kappa shape index (κ1) is 46.4. The van der Waals surface area contributed by atoms with Gasteiger partial charge in [-0.1, -0.05) is 11.8 Å². The quantitative estimate of drug-likeness (QED) is 0.0173. The Kier molecular flexibility index (Phi) is 41.1. The SMILES string of the molecule is O=C(NCSCSCN=CS(=O)CSCSCSCSC(=O)NCSCSCN=COOCCSCCO)OCCSCCO. The van der Waals surface area contributed by atoms with Crippen LogP contribution in [0.1, 0.15) is 0 Å². The molecule has 0 aliphatic heterocycles. The van der Waals surface area contributed by atoms with Crippen molar-refractivity contribution < 1.29 is 38.5 Å². The maximum absolute atomic E-state index is 12.0. The van der Waals surface area contributed by atoms with Gasteiger partial charge in [0, 0.05) is 48.4 Å². The topological polar surface area (TPSA) is 168 Å². The lowest BCUT2D eigenvalue weighted by molar-refractivity contribution is -0.210. The lowest BCUT2D eigenvalue weighted by Gasteiger charge is -2.06. The van der Waals surface area contributed by atoms with Crippen molar-refractivity contribution in [2.45, 2.75) is 0 Å². The zero-order chi connectivity index (χ0) is 32.9. The van der Waals surface area contributed by atoms with E-state index in [1.807, 2.05) is 0 Å². The van der Waals surface area contributed by atoms with Gasteiger partial charge < -0.3 is 30.5 Å². The third-order valence-electron chi connectivity index (χ3n) is 3.73. The lowest BCUT2D eigenvalue weighted by atomic mass is 10.8. The van der Waals surface area contributed by atoms with Crippen LogP contribution in [-0.4, -0.2) is 141 Å². The Balaban J connectivity index is 3.39. The highest BCUT2D eigenvalue weighted by Crippen LogP contribution is 2.22. The fourth-order valence-corrected chi connectivity index (χ4v) is 11.9. The number of nitrogens with zero attached hydrogens (tertiary/aromatic N) is 2. The summed E-state index contributed by atoms with van der Waals surface area (Å²) in [6.07, 6.45) is 0.829. The number of aliphatic hydroxyl groups excluding tert-OH is 2. The van der Waals surface area contributed by atoms with E-state index in [-0.39, 0.29) is 18.5 Å². The number of amides is 2. The molecule has 1 unspecified atom stereocenters. The second kappa shape index (κ2) is 39.8. The summed E-state index contributed by atoms with van der Waals surface area (Å²) in [5.41, 5.74) is 1.49. The highest BCUT2D eigenvalue weighted by Gasteiger charge is 2.03. The minimum atomic E-state index is -1.11. The molecule has 0 rings (SSSR count). The van der Waals surface area contributed by atoms with Gasteiger partial charge in [-0.3, -0.25) is 14.0 Å². The molecule has 0 saturated heterocycles. The highest BCUT2D eigenvalue weighted by atomic mass is 32.3. The second-order valence-corrected chi connectivity index (χ2v) is 20.8. The number of aliphatic hydroxyl groups is 2. The molecule has 45 heavy (non-hydrogen) atoms. The fourth-order valence-electron chi connectivity index (χ4n) is 2.00. The van der Waals surface area contributed by atoms with Crippen molar-refractivity contribution >= 4 is 152 Å². The first-order valence-corrected chi connectivity index (χ1v) is 25.7. The highest BCUT2D eigenvalue weighted by molar-refractivity contribution is 8.29. The summed E-state index contributed by atoms with van der Waals surface area (Å²) >= 11 is 15.7. The Morgan fingerprint density at radius 3 is 2.07 bits per heavy atom. The van der Waals surface area contributed by atoms with E-state index in [1.165, 1.54) is 47.2 Å². The Morgan fingerprint density at radius 1 is 0.711 bits per heavy atom. The van der Waals surface area contributed by atoms with Crippen LogP contribution in [0.5, 0.6) is 0 Å². The molecule has 0 aromatic heterocycles. The van der Waals surface area contributed by atoms with Crippen LogP contribution in [0.3, 0.4) is 0 Å². The molecular formula is C22H42N4O8S11. The molecule has 0 bridgehead atoms. The van der Waals surface area contributed by atoms with E-state index in [0.29, 0.717) is 64.1 Å². The average Bonchev–Trinajstić information content (AvgIpc) is 3.03. The number of carbonyl (C=O) groups is 2.